The van der Waals surface area contributed by atoms with Crippen LogP contribution < -0.4 is 15.5 Å². The fraction of sp³-hybridized carbons (Fsp3) is 0.700. The molecule has 0 radical (unpaired) electrons. The molecule has 7 heteroatoms. The van der Waals surface area contributed by atoms with E-state index < -0.39 is 6.04 Å². The van der Waals surface area contributed by atoms with Crippen molar-refractivity contribution < 1.29 is 9.59 Å². The molecule has 2 amide bonds. The van der Waals surface area contributed by atoms with E-state index in [0.717, 1.165) is 49.9 Å². The molecule has 146 valence electrons. The van der Waals surface area contributed by atoms with Crippen LogP contribution in [0.5, 0.6) is 0 Å². The van der Waals surface area contributed by atoms with Crippen molar-refractivity contribution in [2.24, 2.45) is 0 Å². The predicted octanol–water partition coefficient (Wildman–Crippen LogP) is 2.69. The molecule has 3 aliphatic rings. The van der Waals surface area contributed by atoms with Gasteiger partial charge in [-0.05, 0) is 32.6 Å². The molecule has 27 heavy (non-hydrogen) atoms. The summed E-state index contributed by atoms with van der Waals surface area (Å²) in [7, 11) is 0. The van der Waals surface area contributed by atoms with Gasteiger partial charge in [0, 0.05) is 23.8 Å². The Labute approximate surface area is 160 Å². The summed E-state index contributed by atoms with van der Waals surface area (Å²) in [6.45, 7) is 1.98. The van der Waals surface area contributed by atoms with Crippen LogP contribution in [-0.2, 0) is 9.59 Å². The van der Waals surface area contributed by atoms with E-state index in [1.165, 1.54) is 19.3 Å². The summed E-state index contributed by atoms with van der Waals surface area (Å²) in [6.07, 6.45) is 12.5. The van der Waals surface area contributed by atoms with Gasteiger partial charge in [-0.25, -0.2) is 4.98 Å². The number of nitrogens with zero attached hydrogens (tertiary/aromatic N) is 3. The van der Waals surface area contributed by atoms with Crippen molar-refractivity contribution in [1.29, 1.82) is 0 Å². The Balaban J connectivity index is 1.63. The predicted molar refractivity (Wildman–Crippen MR) is 104 cm³/mol. The molecule has 0 bridgehead atoms. The van der Waals surface area contributed by atoms with Gasteiger partial charge in [0.15, 0.2) is 0 Å². The summed E-state index contributed by atoms with van der Waals surface area (Å²) in [5.74, 6) is 1.03. The average Bonchev–Trinajstić information content (AvgIpc) is 3.29. The molecule has 1 atom stereocenters. The Kier molecular flexibility index (Phi) is 5.27. The minimum atomic E-state index is -0.461. The molecule has 7 nitrogen and oxygen atoms in total. The van der Waals surface area contributed by atoms with Crippen LogP contribution in [0.25, 0.3) is 0 Å². The Morgan fingerprint density at radius 3 is 2.44 bits per heavy atom. The van der Waals surface area contributed by atoms with Crippen molar-refractivity contribution in [3.63, 3.8) is 0 Å². The van der Waals surface area contributed by atoms with Gasteiger partial charge in [-0.2, -0.15) is 4.98 Å². The lowest BCUT2D eigenvalue weighted by atomic mass is 9.96. The first kappa shape index (κ1) is 18.2. The van der Waals surface area contributed by atoms with Gasteiger partial charge in [0.1, 0.15) is 11.9 Å². The monoisotopic (exact) mass is 371 g/mol. The molecular weight excluding hydrogens is 342 g/mol. The third-order valence-corrected chi connectivity index (χ3v) is 6.13. The molecule has 1 aliphatic heterocycles. The van der Waals surface area contributed by atoms with Crippen LogP contribution >= 0.6 is 0 Å². The number of aromatic nitrogens is 2. The fourth-order valence-corrected chi connectivity index (χ4v) is 4.72. The van der Waals surface area contributed by atoms with Gasteiger partial charge >= 0.3 is 0 Å². The third-order valence-electron chi connectivity index (χ3n) is 6.13. The maximum absolute atomic E-state index is 12.4. The summed E-state index contributed by atoms with van der Waals surface area (Å²) in [5, 5.41) is 5.95. The Hall–Kier alpha value is -2.18. The smallest absolute Gasteiger partial charge is 0.249 e. The second-order valence-corrected chi connectivity index (χ2v) is 8.16. The molecular formula is C20H29N5O2. The molecule has 2 aliphatic carbocycles. The number of nitrogens with one attached hydrogen (secondary N) is 2. The standard InChI is InChI=1S/C20H29N5O2/c1-13-12-21-20(22-14-7-3-2-4-8-14)24-18(13)25(15-9-5-6-10-15)16-11-17(26)23-19(16)27/h12,14-16H,2-11H2,1H3,(H,21,22,24)(H,23,26,27). The molecule has 2 N–H and O–H groups in total. The molecule has 1 aromatic heterocycles. The van der Waals surface area contributed by atoms with Crippen LogP contribution in [0.3, 0.4) is 0 Å². The van der Waals surface area contributed by atoms with Crippen molar-refractivity contribution in [2.75, 3.05) is 10.2 Å². The van der Waals surface area contributed by atoms with Crippen LogP contribution in [0.15, 0.2) is 6.20 Å². The van der Waals surface area contributed by atoms with Crippen LogP contribution in [0.2, 0.25) is 0 Å². The maximum Gasteiger partial charge on any atom is 0.249 e. The summed E-state index contributed by atoms with van der Waals surface area (Å²) >= 11 is 0. The Bertz CT molecular complexity index is 710. The van der Waals surface area contributed by atoms with Crippen LogP contribution in [0, 0.1) is 6.92 Å². The minimum absolute atomic E-state index is 0.194. The molecule has 4 rings (SSSR count). The highest BCUT2D eigenvalue weighted by atomic mass is 16.2. The van der Waals surface area contributed by atoms with E-state index in [4.69, 9.17) is 4.98 Å². The van der Waals surface area contributed by atoms with Crippen LogP contribution in [0.1, 0.15) is 69.8 Å². The summed E-state index contributed by atoms with van der Waals surface area (Å²) in [4.78, 5) is 35.7. The highest BCUT2D eigenvalue weighted by Gasteiger charge is 2.40. The molecule has 1 aromatic rings. The summed E-state index contributed by atoms with van der Waals surface area (Å²) in [6, 6.07) is 0.213. The first-order valence-corrected chi connectivity index (χ1v) is 10.3. The average molecular weight is 371 g/mol. The van der Waals surface area contributed by atoms with E-state index in [1.54, 1.807) is 0 Å². The number of aryl methyl sites for hydroxylation is 1. The fourth-order valence-electron chi connectivity index (χ4n) is 4.72. The van der Waals surface area contributed by atoms with Gasteiger partial charge in [-0.1, -0.05) is 32.1 Å². The van der Waals surface area contributed by atoms with E-state index in [2.05, 4.69) is 20.5 Å². The molecule has 0 aromatic carbocycles. The second-order valence-electron chi connectivity index (χ2n) is 8.16. The van der Waals surface area contributed by atoms with Gasteiger partial charge in [0.2, 0.25) is 17.8 Å². The topological polar surface area (TPSA) is 87.2 Å². The van der Waals surface area contributed by atoms with Gasteiger partial charge in [-0.15, -0.1) is 0 Å². The van der Waals surface area contributed by atoms with Gasteiger partial charge < -0.3 is 10.2 Å². The summed E-state index contributed by atoms with van der Waals surface area (Å²) in [5.41, 5.74) is 0.947. The number of rotatable bonds is 5. The van der Waals surface area contributed by atoms with Crippen LogP contribution in [-0.4, -0.2) is 39.9 Å². The van der Waals surface area contributed by atoms with Gasteiger partial charge in [-0.3, -0.25) is 14.9 Å². The first-order chi connectivity index (χ1) is 13.1. The Morgan fingerprint density at radius 1 is 1.07 bits per heavy atom. The maximum atomic E-state index is 12.4. The van der Waals surface area contributed by atoms with E-state index in [-0.39, 0.29) is 24.3 Å². The zero-order valence-electron chi connectivity index (χ0n) is 16.0. The number of hydrogen-bond donors (Lipinski definition) is 2. The van der Waals surface area contributed by atoms with Crippen molar-refractivity contribution in [1.82, 2.24) is 15.3 Å². The highest BCUT2D eigenvalue weighted by molar-refractivity contribution is 6.07. The zero-order chi connectivity index (χ0) is 18.8. The van der Waals surface area contributed by atoms with E-state index in [9.17, 15) is 9.59 Å². The highest BCUT2D eigenvalue weighted by Crippen LogP contribution is 2.33. The van der Waals surface area contributed by atoms with E-state index >= 15 is 0 Å². The van der Waals surface area contributed by atoms with E-state index in [1.807, 2.05) is 13.1 Å². The molecule has 1 saturated heterocycles. The molecule has 3 fully saturated rings. The molecule has 1 unspecified atom stereocenters. The lowest BCUT2D eigenvalue weighted by Crippen LogP contribution is -2.47. The SMILES string of the molecule is Cc1cnc(NC2CCCCC2)nc1N(C1CCCC1)C1CC(=O)NC1=O. The number of anilines is 2. The number of hydrogen-bond acceptors (Lipinski definition) is 6. The quantitative estimate of drug-likeness (QED) is 0.774. The molecule has 0 spiro atoms. The summed E-state index contributed by atoms with van der Waals surface area (Å²) < 4.78 is 0. The zero-order valence-corrected chi connectivity index (χ0v) is 16.0. The first-order valence-electron chi connectivity index (χ1n) is 10.3. The largest absolute Gasteiger partial charge is 0.351 e. The van der Waals surface area contributed by atoms with Gasteiger partial charge in [0.05, 0.1) is 6.42 Å². The molecule has 2 saturated carbocycles. The lowest BCUT2D eigenvalue weighted by Gasteiger charge is -2.35. The normalized spacial score (nSPS) is 24.3. The third kappa shape index (κ3) is 3.92. The van der Waals surface area contributed by atoms with Crippen molar-refractivity contribution >= 4 is 23.6 Å². The van der Waals surface area contributed by atoms with Crippen molar-refractivity contribution in [3.05, 3.63) is 11.8 Å². The minimum Gasteiger partial charge on any atom is -0.351 e. The Morgan fingerprint density at radius 2 is 1.78 bits per heavy atom. The van der Waals surface area contributed by atoms with Crippen molar-refractivity contribution in [3.8, 4) is 0 Å². The van der Waals surface area contributed by atoms with Crippen LogP contribution in [0.4, 0.5) is 11.8 Å². The number of carbonyl (C=O) groups excluding carboxylic acids is 2. The van der Waals surface area contributed by atoms with Gasteiger partial charge in [0.25, 0.3) is 0 Å². The molecule has 2 heterocycles. The number of carbonyl (C=O) groups is 2. The number of imide groups is 1. The lowest BCUT2D eigenvalue weighted by molar-refractivity contribution is -0.125. The second kappa shape index (κ2) is 7.82. The number of amides is 2. The van der Waals surface area contributed by atoms with Crippen molar-refractivity contribution in [2.45, 2.75) is 89.3 Å². The van der Waals surface area contributed by atoms with E-state index in [0.29, 0.717) is 12.0 Å².